The summed E-state index contributed by atoms with van der Waals surface area (Å²) in [7, 11) is 1.88. The zero-order valence-corrected chi connectivity index (χ0v) is 17.9. The average molecular weight is 423 g/mol. The number of piperidine rings is 1. The number of hydrogen-bond donors (Lipinski definition) is 3. The number of anilines is 1. The Morgan fingerprint density at radius 1 is 1.16 bits per heavy atom. The number of halogens is 1. The zero-order chi connectivity index (χ0) is 21.8. The Balaban J connectivity index is 1.38. The number of rotatable bonds is 4. The van der Waals surface area contributed by atoms with Crippen LogP contribution >= 0.6 is 0 Å². The number of aromatic amines is 1. The number of hydrogen-bond acceptors (Lipinski definition) is 6. The lowest BCUT2D eigenvalue weighted by molar-refractivity contribution is 0.0859. The van der Waals surface area contributed by atoms with Gasteiger partial charge in [-0.05, 0) is 51.3 Å². The first-order chi connectivity index (χ1) is 14.8. The maximum Gasteiger partial charge on any atom is 0.147 e. The van der Waals surface area contributed by atoms with Gasteiger partial charge >= 0.3 is 0 Å². The number of nitrogens with zero attached hydrogens (tertiary/aromatic N) is 4. The van der Waals surface area contributed by atoms with Crippen molar-refractivity contribution in [3.63, 3.8) is 0 Å². The van der Waals surface area contributed by atoms with E-state index in [1.54, 1.807) is 24.7 Å². The van der Waals surface area contributed by atoms with Gasteiger partial charge in [-0.3, -0.25) is 10.1 Å². The normalized spacial score (nSPS) is 29.8. The number of phenolic OH excluding ortho intramolecular Hbond substituents is 1. The van der Waals surface area contributed by atoms with Crippen molar-refractivity contribution in [3.8, 4) is 28.3 Å². The van der Waals surface area contributed by atoms with Crippen LogP contribution in [0.4, 0.5) is 10.2 Å². The minimum absolute atomic E-state index is 0.0498. The summed E-state index contributed by atoms with van der Waals surface area (Å²) in [4.78, 5) is 11.0. The van der Waals surface area contributed by atoms with E-state index >= 15 is 4.39 Å². The molecular weight excluding hydrogens is 395 g/mol. The van der Waals surface area contributed by atoms with Crippen LogP contribution in [-0.2, 0) is 0 Å². The smallest absolute Gasteiger partial charge is 0.147 e. The van der Waals surface area contributed by atoms with E-state index in [4.69, 9.17) is 0 Å². The molecule has 2 aliphatic heterocycles. The van der Waals surface area contributed by atoms with E-state index in [-0.39, 0.29) is 17.3 Å². The summed E-state index contributed by atoms with van der Waals surface area (Å²) in [5.74, 6) is 0.737. The first-order valence-electron chi connectivity index (χ1n) is 10.6. The van der Waals surface area contributed by atoms with E-state index in [0.29, 0.717) is 17.1 Å². The largest absolute Gasteiger partial charge is 0.507 e. The van der Waals surface area contributed by atoms with Crippen LogP contribution in [0.15, 0.2) is 42.9 Å². The van der Waals surface area contributed by atoms with E-state index in [2.05, 4.69) is 32.4 Å². The maximum atomic E-state index is 15.4. The van der Waals surface area contributed by atoms with Gasteiger partial charge < -0.3 is 15.3 Å². The molecule has 162 valence electrons. The molecule has 2 saturated heterocycles. The van der Waals surface area contributed by atoms with Crippen LogP contribution in [0, 0.1) is 0 Å². The third-order valence-corrected chi connectivity index (χ3v) is 6.97. The predicted octanol–water partition coefficient (Wildman–Crippen LogP) is 3.69. The molecule has 4 heterocycles. The molecule has 2 fully saturated rings. The summed E-state index contributed by atoms with van der Waals surface area (Å²) in [5, 5.41) is 20.8. The van der Waals surface area contributed by atoms with Gasteiger partial charge in [0.15, 0.2) is 0 Å². The van der Waals surface area contributed by atoms with Crippen LogP contribution in [0.25, 0.3) is 22.5 Å². The van der Waals surface area contributed by atoms with Gasteiger partial charge in [0, 0.05) is 35.4 Å². The average Bonchev–Trinajstić information content (AvgIpc) is 3.38. The van der Waals surface area contributed by atoms with Gasteiger partial charge in [0.1, 0.15) is 17.7 Å². The number of H-pyrrole nitrogens is 1. The van der Waals surface area contributed by atoms with Crippen molar-refractivity contribution in [2.75, 3.05) is 11.9 Å². The summed E-state index contributed by atoms with van der Waals surface area (Å²) >= 11 is 0. The Morgan fingerprint density at radius 3 is 2.68 bits per heavy atom. The third kappa shape index (κ3) is 3.35. The van der Waals surface area contributed by atoms with Crippen LogP contribution in [-0.4, -0.2) is 55.6 Å². The van der Waals surface area contributed by atoms with E-state index in [1.807, 2.05) is 37.1 Å². The molecule has 7 nitrogen and oxygen atoms in total. The number of aromatic nitrogens is 4. The summed E-state index contributed by atoms with van der Waals surface area (Å²) in [5.41, 5.74) is 2.26. The van der Waals surface area contributed by atoms with Gasteiger partial charge in [-0.15, -0.1) is 0 Å². The number of nitrogens with one attached hydrogen (secondary N) is 2. The molecule has 2 aliphatic rings. The second-order valence-corrected chi connectivity index (χ2v) is 9.35. The highest BCUT2D eigenvalue weighted by Gasteiger charge is 2.56. The molecule has 0 unspecified atom stereocenters. The van der Waals surface area contributed by atoms with Crippen molar-refractivity contribution in [2.24, 2.45) is 0 Å². The van der Waals surface area contributed by atoms with Crippen molar-refractivity contribution in [1.29, 1.82) is 0 Å². The lowest BCUT2D eigenvalue weighted by atomic mass is 9.82. The minimum atomic E-state index is -0.992. The maximum absolute atomic E-state index is 15.4. The van der Waals surface area contributed by atoms with Gasteiger partial charge in [-0.2, -0.15) is 5.10 Å². The monoisotopic (exact) mass is 422 g/mol. The summed E-state index contributed by atoms with van der Waals surface area (Å²) in [6, 6.07) is 6.95. The summed E-state index contributed by atoms with van der Waals surface area (Å²) in [6.07, 6.45) is 6.49. The van der Waals surface area contributed by atoms with Gasteiger partial charge in [0.2, 0.25) is 0 Å². The number of alkyl halides is 1. The fourth-order valence-electron chi connectivity index (χ4n) is 5.18. The molecule has 0 spiro atoms. The van der Waals surface area contributed by atoms with Crippen molar-refractivity contribution >= 4 is 5.82 Å². The fourth-order valence-corrected chi connectivity index (χ4v) is 5.18. The molecule has 3 aromatic rings. The van der Waals surface area contributed by atoms with Crippen molar-refractivity contribution in [3.05, 3.63) is 42.9 Å². The van der Waals surface area contributed by atoms with Crippen LogP contribution in [0.1, 0.15) is 33.1 Å². The molecular formula is C23H27FN6O. The van der Waals surface area contributed by atoms with Crippen LogP contribution in [0.5, 0.6) is 5.75 Å². The van der Waals surface area contributed by atoms with Crippen molar-refractivity contribution in [2.45, 2.75) is 56.4 Å². The lowest BCUT2D eigenvalue weighted by Gasteiger charge is -2.47. The molecule has 2 aromatic heterocycles. The van der Waals surface area contributed by atoms with Crippen molar-refractivity contribution in [1.82, 2.24) is 25.5 Å². The molecule has 8 heteroatoms. The summed E-state index contributed by atoms with van der Waals surface area (Å²) in [6.45, 7) is 4.16. The van der Waals surface area contributed by atoms with Crippen molar-refractivity contribution < 1.29 is 9.50 Å². The highest BCUT2D eigenvalue weighted by atomic mass is 19.1. The standard InChI is InChI=1S/C23H27FN6O/c1-22-7-8-23(2,29-22)21(24)18(11-22)30(3)20-13-25-17(12-26-20)15-5-4-14(10-19(15)31)16-6-9-27-28-16/h4-6,9-10,12-13,18,21,29,31H,7-8,11H2,1-3H3,(H,27,28)/t18-,21-,22-,23+/m0/s1. The molecule has 1 aromatic carbocycles. The highest BCUT2D eigenvalue weighted by Crippen LogP contribution is 2.45. The number of benzene rings is 1. The summed E-state index contributed by atoms with van der Waals surface area (Å²) < 4.78 is 15.4. The molecule has 4 atom stereocenters. The number of aromatic hydroxyl groups is 1. The topological polar surface area (TPSA) is 90.0 Å². The minimum Gasteiger partial charge on any atom is -0.507 e. The van der Waals surface area contributed by atoms with E-state index < -0.39 is 11.7 Å². The Kier molecular flexibility index (Phi) is 4.51. The van der Waals surface area contributed by atoms with E-state index in [0.717, 1.165) is 30.5 Å². The molecule has 0 radical (unpaired) electrons. The second kappa shape index (κ2) is 7.02. The molecule has 0 aliphatic carbocycles. The Morgan fingerprint density at radius 2 is 2.00 bits per heavy atom. The number of fused-ring (bicyclic) bond motifs is 2. The van der Waals surface area contributed by atoms with Gasteiger partial charge in [-0.1, -0.05) is 6.07 Å². The van der Waals surface area contributed by atoms with Crippen LogP contribution in [0.2, 0.25) is 0 Å². The molecule has 3 N–H and O–H groups in total. The van der Waals surface area contributed by atoms with E-state index in [1.165, 1.54) is 0 Å². The quantitative estimate of drug-likeness (QED) is 0.594. The molecule has 5 rings (SSSR count). The first kappa shape index (κ1) is 19.9. The fraction of sp³-hybridized carbons (Fsp3) is 0.435. The van der Waals surface area contributed by atoms with Crippen LogP contribution < -0.4 is 10.2 Å². The first-order valence-corrected chi connectivity index (χ1v) is 10.6. The van der Waals surface area contributed by atoms with Gasteiger partial charge in [-0.25, -0.2) is 9.37 Å². The Labute approximate surface area is 180 Å². The molecule has 31 heavy (non-hydrogen) atoms. The van der Waals surface area contributed by atoms with Crippen LogP contribution in [0.3, 0.4) is 0 Å². The zero-order valence-electron chi connectivity index (χ0n) is 17.9. The molecule has 0 amide bonds. The van der Waals surface area contributed by atoms with Gasteiger partial charge in [0.25, 0.3) is 0 Å². The molecule has 0 saturated carbocycles. The SMILES string of the molecule is CN(c1cnc(-c2ccc(-c3ccn[nH]3)cc2O)cn1)[C@H]1C[C@]2(C)CC[C@@](C)(N2)[C@H]1F. The number of phenols is 1. The Hall–Kier alpha value is -3.00. The predicted molar refractivity (Wildman–Crippen MR) is 118 cm³/mol. The van der Waals surface area contributed by atoms with Gasteiger partial charge in [0.05, 0.1) is 29.8 Å². The molecule has 2 bridgehead atoms. The Bertz CT molecular complexity index is 1090. The van der Waals surface area contributed by atoms with E-state index in [9.17, 15) is 5.11 Å². The highest BCUT2D eigenvalue weighted by molar-refractivity contribution is 5.72. The lowest BCUT2D eigenvalue weighted by Crippen LogP contribution is -2.65. The third-order valence-electron chi connectivity index (χ3n) is 6.97. The second-order valence-electron chi connectivity index (χ2n) is 9.35.